The SMILES string of the molecule is O=Cc1cn(S(=O)(=O)c2ccccc2F)c2c1CCCc1ccccc1-2. The summed E-state index contributed by atoms with van der Waals surface area (Å²) in [6.45, 7) is 0. The lowest BCUT2D eigenvalue weighted by Gasteiger charge is -2.14. The number of aromatic nitrogens is 1. The molecule has 0 amide bonds. The summed E-state index contributed by atoms with van der Waals surface area (Å²) in [7, 11) is -4.18. The molecule has 3 aromatic rings. The largest absolute Gasteiger partial charge is 0.298 e. The number of halogens is 1. The van der Waals surface area contributed by atoms with Crippen molar-refractivity contribution in [1.29, 1.82) is 0 Å². The summed E-state index contributed by atoms with van der Waals surface area (Å²) in [5.74, 6) is -0.815. The van der Waals surface area contributed by atoms with Crippen molar-refractivity contribution in [3.63, 3.8) is 0 Å². The molecule has 0 N–H and O–H groups in total. The second-order valence-corrected chi connectivity index (χ2v) is 8.05. The minimum Gasteiger partial charge on any atom is -0.298 e. The number of carbonyl (C=O) groups excluding carboxylic acids is 1. The Morgan fingerprint density at radius 1 is 1.00 bits per heavy atom. The molecule has 4 rings (SSSR count). The number of aryl methyl sites for hydroxylation is 1. The number of aldehydes is 1. The van der Waals surface area contributed by atoms with Crippen LogP contribution in [0.25, 0.3) is 11.3 Å². The van der Waals surface area contributed by atoms with Crippen molar-refractivity contribution in [2.45, 2.75) is 24.2 Å². The highest BCUT2D eigenvalue weighted by atomic mass is 32.2. The van der Waals surface area contributed by atoms with Gasteiger partial charge in [-0.3, -0.25) is 4.79 Å². The third-order valence-electron chi connectivity index (χ3n) is 4.76. The minimum atomic E-state index is -4.18. The van der Waals surface area contributed by atoms with Gasteiger partial charge in [-0.2, -0.15) is 0 Å². The molecule has 6 heteroatoms. The Balaban J connectivity index is 2.06. The van der Waals surface area contributed by atoms with Crippen LogP contribution in [0.15, 0.2) is 59.6 Å². The lowest BCUT2D eigenvalue weighted by Crippen LogP contribution is -2.15. The first-order valence-electron chi connectivity index (χ1n) is 8.32. The summed E-state index contributed by atoms with van der Waals surface area (Å²) in [5.41, 5.74) is 3.28. The highest BCUT2D eigenvalue weighted by Crippen LogP contribution is 2.37. The first-order chi connectivity index (χ1) is 12.5. The molecule has 0 saturated carbocycles. The molecule has 1 aromatic heterocycles. The standard InChI is InChI=1S/C20H16FNO3S/c21-18-10-3-4-11-19(18)26(24,25)22-12-15(13-23)17-9-5-7-14-6-1-2-8-16(14)20(17)22/h1-4,6,8,10-13H,5,7,9H2. The number of fused-ring (bicyclic) bond motifs is 3. The molecule has 0 fully saturated rings. The van der Waals surface area contributed by atoms with Gasteiger partial charge in [0.2, 0.25) is 0 Å². The zero-order chi connectivity index (χ0) is 18.3. The molecule has 132 valence electrons. The summed E-state index contributed by atoms with van der Waals surface area (Å²) in [5, 5.41) is 0. The van der Waals surface area contributed by atoms with Gasteiger partial charge < -0.3 is 0 Å². The summed E-state index contributed by atoms with van der Waals surface area (Å²) < 4.78 is 41.6. The fraction of sp³-hybridized carbons (Fsp3) is 0.150. The minimum absolute atomic E-state index is 0.330. The zero-order valence-corrected chi connectivity index (χ0v) is 14.7. The van der Waals surface area contributed by atoms with E-state index in [9.17, 15) is 17.6 Å². The third-order valence-corrected chi connectivity index (χ3v) is 6.45. The van der Waals surface area contributed by atoms with Crippen molar-refractivity contribution < 1.29 is 17.6 Å². The lowest BCUT2D eigenvalue weighted by molar-refractivity contribution is 0.112. The molecule has 1 heterocycles. The number of rotatable bonds is 3. The molecular weight excluding hydrogens is 353 g/mol. The Bertz CT molecular complexity index is 1120. The van der Waals surface area contributed by atoms with Crippen molar-refractivity contribution in [2.75, 3.05) is 0 Å². The van der Waals surface area contributed by atoms with Crippen molar-refractivity contribution >= 4 is 16.3 Å². The molecule has 0 unspecified atom stereocenters. The predicted octanol–water partition coefficient (Wildman–Crippen LogP) is 3.83. The molecule has 0 aliphatic heterocycles. The highest BCUT2D eigenvalue weighted by molar-refractivity contribution is 7.90. The van der Waals surface area contributed by atoms with E-state index in [1.807, 2.05) is 24.3 Å². The van der Waals surface area contributed by atoms with E-state index < -0.39 is 20.7 Å². The van der Waals surface area contributed by atoms with Crippen molar-refractivity contribution in [3.05, 3.63) is 77.2 Å². The Labute approximate surface area is 151 Å². The van der Waals surface area contributed by atoms with E-state index in [4.69, 9.17) is 0 Å². The fourth-order valence-electron chi connectivity index (χ4n) is 3.56. The smallest absolute Gasteiger partial charge is 0.271 e. The molecule has 0 saturated heterocycles. The topological polar surface area (TPSA) is 56.1 Å². The summed E-state index contributed by atoms with van der Waals surface area (Å²) >= 11 is 0. The Hall–Kier alpha value is -2.73. The quantitative estimate of drug-likeness (QED) is 0.659. The van der Waals surface area contributed by atoms with Crippen LogP contribution in [0.1, 0.15) is 27.9 Å². The monoisotopic (exact) mass is 369 g/mol. The van der Waals surface area contributed by atoms with E-state index in [1.54, 1.807) is 0 Å². The van der Waals surface area contributed by atoms with Crippen LogP contribution in [-0.4, -0.2) is 18.7 Å². The van der Waals surface area contributed by atoms with Crippen molar-refractivity contribution in [1.82, 2.24) is 3.97 Å². The average Bonchev–Trinajstić information content (AvgIpc) is 2.91. The number of nitrogens with zero attached hydrogens (tertiary/aromatic N) is 1. The van der Waals surface area contributed by atoms with Gasteiger partial charge in [-0.1, -0.05) is 36.4 Å². The molecule has 4 nitrogen and oxygen atoms in total. The second kappa shape index (κ2) is 6.21. The van der Waals surface area contributed by atoms with Gasteiger partial charge in [-0.15, -0.1) is 0 Å². The van der Waals surface area contributed by atoms with Crippen LogP contribution in [0.2, 0.25) is 0 Å². The number of benzene rings is 2. The van der Waals surface area contributed by atoms with Crippen LogP contribution in [0.5, 0.6) is 0 Å². The van der Waals surface area contributed by atoms with Gasteiger partial charge in [-0.05, 0) is 42.5 Å². The molecule has 1 aliphatic rings. The van der Waals surface area contributed by atoms with Gasteiger partial charge in [-0.25, -0.2) is 16.8 Å². The van der Waals surface area contributed by atoms with Gasteiger partial charge >= 0.3 is 0 Å². The molecule has 0 radical (unpaired) electrons. The van der Waals surface area contributed by atoms with E-state index in [1.165, 1.54) is 24.4 Å². The maximum absolute atomic E-state index is 14.2. The molecular formula is C20H16FNO3S. The van der Waals surface area contributed by atoms with Crippen molar-refractivity contribution in [2.24, 2.45) is 0 Å². The predicted molar refractivity (Wildman–Crippen MR) is 96.3 cm³/mol. The van der Waals surface area contributed by atoms with Gasteiger partial charge in [0.25, 0.3) is 10.0 Å². The molecule has 1 aliphatic carbocycles. The summed E-state index contributed by atoms with van der Waals surface area (Å²) in [6, 6.07) is 12.8. The van der Waals surface area contributed by atoms with E-state index in [-0.39, 0.29) is 0 Å². The van der Waals surface area contributed by atoms with Crippen LogP contribution in [-0.2, 0) is 22.9 Å². The summed E-state index contributed by atoms with van der Waals surface area (Å²) in [6.07, 6.45) is 4.18. The first kappa shape index (κ1) is 16.7. The Morgan fingerprint density at radius 2 is 1.73 bits per heavy atom. The van der Waals surface area contributed by atoms with Crippen LogP contribution in [0, 0.1) is 5.82 Å². The average molecular weight is 369 g/mol. The summed E-state index contributed by atoms with van der Waals surface area (Å²) in [4.78, 5) is 11.2. The van der Waals surface area contributed by atoms with Gasteiger partial charge in [0.1, 0.15) is 10.7 Å². The highest BCUT2D eigenvalue weighted by Gasteiger charge is 2.29. The van der Waals surface area contributed by atoms with Gasteiger partial charge in [0.05, 0.1) is 5.69 Å². The maximum atomic E-state index is 14.2. The first-order valence-corrected chi connectivity index (χ1v) is 9.76. The lowest BCUT2D eigenvalue weighted by atomic mass is 10.0. The van der Waals surface area contributed by atoms with Crippen LogP contribution in [0.3, 0.4) is 0 Å². The molecule has 0 spiro atoms. The molecule has 0 atom stereocenters. The fourth-order valence-corrected chi connectivity index (χ4v) is 5.04. The van der Waals surface area contributed by atoms with E-state index in [2.05, 4.69) is 0 Å². The number of hydrogen-bond donors (Lipinski definition) is 0. The van der Waals surface area contributed by atoms with E-state index in [0.29, 0.717) is 29.5 Å². The van der Waals surface area contributed by atoms with Crippen LogP contribution in [0.4, 0.5) is 4.39 Å². The van der Waals surface area contributed by atoms with Crippen LogP contribution < -0.4 is 0 Å². The Morgan fingerprint density at radius 3 is 2.50 bits per heavy atom. The van der Waals surface area contributed by atoms with Gasteiger partial charge in [0.15, 0.2) is 6.29 Å². The van der Waals surface area contributed by atoms with Gasteiger partial charge in [0, 0.05) is 17.3 Å². The Kier molecular flexibility index (Phi) is 4.00. The molecule has 2 aromatic carbocycles. The normalized spacial score (nSPS) is 13.6. The second-order valence-electron chi connectivity index (χ2n) is 6.27. The number of carbonyl (C=O) groups is 1. The van der Waals surface area contributed by atoms with Crippen LogP contribution >= 0.6 is 0 Å². The number of hydrogen-bond acceptors (Lipinski definition) is 3. The van der Waals surface area contributed by atoms with E-state index >= 15 is 0 Å². The van der Waals surface area contributed by atoms with Crippen molar-refractivity contribution in [3.8, 4) is 11.3 Å². The molecule has 26 heavy (non-hydrogen) atoms. The zero-order valence-electron chi connectivity index (χ0n) is 13.9. The van der Waals surface area contributed by atoms with E-state index in [0.717, 1.165) is 34.0 Å². The third kappa shape index (κ3) is 2.49. The molecule has 0 bridgehead atoms. The maximum Gasteiger partial charge on any atom is 0.271 e.